The van der Waals surface area contributed by atoms with E-state index >= 15 is 0 Å². The monoisotopic (exact) mass is 307 g/mol. The van der Waals surface area contributed by atoms with Gasteiger partial charge in [0.05, 0.1) is 5.56 Å². The first-order valence-corrected chi connectivity index (χ1v) is 6.20. The van der Waals surface area contributed by atoms with E-state index in [0.717, 1.165) is 0 Å². The van der Waals surface area contributed by atoms with Crippen LogP contribution in [0.5, 0.6) is 0 Å². The summed E-state index contributed by atoms with van der Waals surface area (Å²) in [6.45, 7) is 1.63. The maximum Gasteiger partial charge on any atom is 0.256 e. The first kappa shape index (κ1) is 12.8. The number of hydrogen-bond donors (Lipinski definition) is 1. The van der Waals surface area contributed by atoms with Crippen LogP contribution in [0.2, 0.25) is 0 Å². The van der Waals surface area contributed by atoms with Gasteiger partial charge in [-0.3, -0.25) is 4.79 Å². The number of benzene rings is 2. The molecule has 0 aliphatic rings. The number of amides is 1. The average Bonchev–Trinajstić information content (AvgIpc) is 2.35. The van der Waals surface area contributed by atoms with Gasteiger partial charge in [0.15, 0.2) is 0 Å². The van der Waals surface area contributed by atoms with Crippen LogP contribution in [-0.2, 0) is 0 Å². The van der Waals surface area contributed by atoms with Crippen LogP contribution in [0.15, 0.2) is 46.9 Å². The second-order valence-electron chi connectivity index (χ2n) is 3.85. The highest BCUT2D eigenvalue weighted by atomic mass is 79.9. The molecule has 4 heteroatoms. The van der Waals surface area contributed by atoms with Crippen molar-refractivity contribution in [3.63, 3.8) is 0 Å². The maximum atomic E-state index is 13.4. The van der Waals surface area contributed by atoms with Gasteiger partial charge in [-0.1, -0.05) is 18.2 Å². The highest BCUT2D eigenvalue weighted by Crippen LogP contribution is 2.21. The number of carbonyl (C=O) groups excluding carboxylic acids is 1. The van der Waals surface area contributed by atoms with E-state index in [1.807, 2.05) is 6.07 Å². The van der Waals surface area contributed by atoms with Gasteiger partial charge < -0.3 is 5.32 Å². The Balaban J connectivity index is 2.27. The van der Waals surface area contributed by atoms with E-state index in [9.17, 15) is 9.18 Å². The zero-order valence-corrected chi connectivity index (χ0v) is 11.3. The van der Waals surface area contributed by atoms with E-state index in [1.54, 1.807) is 37.3 Å². The quantitative estimate of drug-likeness (QED) is 0.887. The molecule has 2 aromatic carbocycles. The summed E-state index contributed by atoms with van der Waals surface area (Å²) in [7, 11) is 0. The van der Waals surface area contributed by atoms with Gasteiger partial charge in [-0.05, 0) is 47.1 Å². The van der Waals surface area contributed by atoms with Gasteiger partial charge in [0.1, 0.15) is 5.82 Å². The zero-order chi connectivity index (χ0) is 13.1. The van der Waals surface area contributed by atoms with Crippen molar-refractivity contribution < 1.29 is 9.18 Å². The molecule has 0 aliphatic heterocycles. The van der Waals surface area contributed by atoms with Crippen molar-refractivity contribution in [1.82, 2.24) is 0 Å². The summed E-state index contributed by atoms with van der Waals surface area (Å²) in [6.07, 6.45) is 0. The molecule has 0 spiro atoms. The maximum absolute atomic E-state index is 13.4. The lowest BCUT2D eigenvalue weighted by molar-refractivity contribution is 0.102. The summed E-state index contributed by atoms with van der Waals surface area (Å²) in [4.78, 5) is 12.0. The highest BCUT2D eigenvalue weighted by Gasteiger charge is 2.11. The minimum Gasteiger partial charge on any atom is -0.322 e. The summed E-state index contributed by atoms with van der Waals surface area (Å²) in [5, 5.41) is 2.70. The predicted octanol–water partition coefficient (Wildman–Crippen LogP) is 4.15. The number of nitrogens with one attached hydrogen (secondary N) is 1. The van der Waals surface area contributed by atoms with Crippen LogP contribution in [0, 0.1) is 12.7 Å². The summed E-state index contributed by atoms with van der Waals surface area (Å²) in [5.41, 5.74) is 1.43. The van der Waals surface area contributed by atoms with Crippen LogP contribution >= 0.6 is 15.9 Å². The molecule has 92 valence electrons. The largest absolute Gasteiger partial charge is 0.322 e. The number of rotatable bonds is 2. The van der Waals surface area contributed by atoms with Crippen molar-refractivity contribution in [3.8, 4) is 0 Å². The first-order chi connectivity index (χ1) is 8.59. The van der Waals surface area contributed by atoms with Crippen LogP contribution in [0.1, 0.15) is 15.9 Å². The molecule has 0 unspecified atom stereocenters. The van der Waals surface area contributed by atoms with Gasteiger partial charge in [0.2, 0.25) is 0 Å². The molecule has 0 saturated heterocycles. The molecule has 2 nitrogen and oxygen atoms in total. The van der Waals surface area contributed by atoms with E-state index in [2.05, 4.69) is 21.2 Å². The molecule has 0 fully saturated rings. The van der Waals surface area contributed by atoms with Gasteiger partial charge in [-0.2, -0.15) is 0 Å². The van der Waals surface area contributed by atoms with Crippen molar-refractivity contribution in [2.24, 2.45) is 0 Å². The molecule has 18 heavy (non-hydrogen) atoms. The minimum absolute atomic E-state index is 0.267. The van der Waals surface area contributed by atoms with Crippen molar-refractivity contribution >= 4 is 27.5 Å². The zero-order valence-electron chi connectivity index (χ0n) is 9.71. The summed E-state index contributed by atoms with van der Waals surface area (Å²) < 4.78 is 14.1. The second kappa shape index (κ2) is 5.31. The summed E-state index contributed by atoms with van der Waals surface area (Å²) in [6, 6.07) is 11.7. The topological polar surface area (TPSA) is 29.1 Å². The molecule has 1 amide bonds. The normalized spacial score (nSPS) is 10.2. The number of hydrogen-bond acceptors (Lipinski definition) is 1. The summed E-state index contributed by atoms with van der Waals surface area (Å²) >= 11 is 3.31. The SMILES string of the molecule is Cc1c(F)cccc1NC(=O)c1ccccc1Br. The van der Waals surface area contributed by atoms with Crippen LogP contribution in [0.25, 0.3) is 0 Å². The molecule has 0 heterocycles. The molecule has 2 aromatic rings. The first-order valence-electron chi connectivity index (χ1n) is 5.40. The second-order valence-corrected chi connectivity index (χ2v) is 4.70. The molecule has 0 bridgehead atoms. The molecule has 0 aliphatic carbocycles. The van der Waals surface area contributed by atoms with E-state index in [1.165, 1.54) is 6.07 Å². The lowest BCUT2D eigenvalue weighted by Crippen LogP contribution is -2.13. The van der Waals surface area contributed by atoms with E-state index in [0.29, 0.717) is 21.3 Å². The van der Waals surface area contributed by atoms with E-state index in [4.69, 9.17) is 0 Å². The minimum atomic E-state index is -0.333. The van der Waals surface area contributed by atoms with Crippen molar-refractivity contribution in [2.45, 2.75) is 6.92 Å². The number of anilines is 1. The predicted molar refractivity (Wildman–Crippen MR) is 73.2 cm³/mol. The Morgan fingerprint density at radius 1 is 1.17 bits per heavy atom. The molecule has 0 saturated carbocycles. The van der Waals surface area contributed by atoms with E-state index < -0.39 is 0 Å². The number of halogens is 2. The third-order valence-electron chi connectivity index (χ3n) is 2.63. The Labute approximate surface area is 113 Å². The number of carbonyl (C=O) groups is 1. The fraction of sp³-hybridized carbons (Fsp3) is 0.0714. The Morgan fingerprint density at radius 2 is 1.89 bits per heavy atom. The van der Waals surface area contributed by atoms with Gasteiger partial charge in [-0.25, -0.2) is 4.39 Å². The average molecular weight is 308 g/mol. The third-order valence-corrected chi connectivity index (χ3v) is 3.33. The Hall–Kier alpha value is -1.68. The molecule has 1 N–H and O–H groups in total. The summed E-state index contributed by atoms with van der Waals surface area (Å²) in [5.74, 6) is -0.601. The Morgan fingerprint density at radius 3 is 2.61 bits per heavy atom. The van der Waals surface area contributed by atoms with Crippen LogP contribution in [0.4, 0.5) is 10.1 Å². The molecule has 0 atom stereocenters. The van der Waals surface area contributed by atoms with E-state index in [-0.39, 0.29) is 11.7 Å². The lowest BCUT2D eigenvalue weighted by Gasteiger charge is -2.09. The van der Waals surface area contributed by atoms with Gasteiger partial charge in [0, 0.05) is 15.7 Å². The molecule has 0 aromatic heterocycles. The van der Waals surface area contributed by atoms with Gasteiger partial charge >= 0.3 is 0 Å². The molecular formula is C14H11BrFNO. The Kier molecular flexibility index (Phi) is 3.77. The van der Waals surface area contributed by atoms with Crippen LogP contribution < -0.4 is 5.32 Å². The lowest BCUT2D eigenvalue weighted by atomic mass is 10.1. The standard InChI is InChI=1S/C14H11BrFNO/c1-9-12(16)7-4-8-13(9)17-14(18)10-5-2-3-6-11(10)15/h2-8H,1H3,(H,17,18). The van der Waals surface area contributed by atoms with Crippen LogP contribution in [-0.4, -0.2) is 5.91 Å². The van der Waals surface area contributed by atoms with Crippen molar-refractivity contribution in [3.05, 3.63) is 63.9 Å². The molecule has 2 rings (SSSR count). The highest BCUT2D eigenvalue weighted by molar-refractivity contribution is 9.10. The van der Waals surface area contributed by atoms with Gasteiger partial charge in [-0.15, -0.1) is 0 Å². The fourth-order valence-corrected chi connectivity index (χ4v) is 2.04. The molecule has 0 radical (unpaired) electrons. The third kappa shape index (κ3) is 2.59. The van der Waals surface area contributed by atoms with Crippen molar-refractivity contribution in [1.29, 1.82) is 0 Å². The van der Waals surface area contributed by atoms with Crippen molar-refractivity contribution in [2.75, 3.05) is 5.32 Å². The fourth-order valence-electron chi connectivity index (χ4n) is 1.58. The Bertz CT molecular complexity index is 598. The molecular weight excluding hydrogens is 297 g/mol. The smallest absolute Gasteiger partial charge is 0.256 e. The van der Waals surface area contributed by atoms with Gasteiger partial charge in [0.25, 0.3) is 5.91 Å². The van der Waals surface area contributed by atoms with Crippen LogP contribution in [0.3, 0.4) is 0 Å².